The zero-order valence-electron chi connectivity index (χ0n) is 15.9. The molecule has 1 atom stereocenters. The number of benzene rings is 2. The number of nitrogens with one attached hydrogen (secondary N) is 1. The molecular weight excluding hydrogens is 364 g/mol. The number of hydrogen-bond donors (Lipinski definition) is 1. The van der Waals surface area contributed by atoms with Crippen LogP contribution in [0.3, 0.4) is 0 Å². The van der Waals surface area contributed by atoms with Gasteiger partial charge in [-0.2, -0.15) is 0 Å². The van der Waals surface area contributed by atoms with Gasteiger partial charge in [-0.05, 0) is 49.2 Å². The van der Waals surface area contributed by atoms with E-state index < -0.39 is 6.04 Å². The molecule has 2 rings (SSSR count). The lowest BCUT2D eigenvalue weighted by atomic mass is 10.1. The van der Waals surface area contributed by atoms with Crippen LogP contribution in [0.1, 0.15) is 25.0 Å². The topological polar surface area (TPSA) is 58.6 Å². The smallest absolute Gasteiger partial charge is 0.242 e. The van der Waals surface area contributed by atoms with Crippen LogP contribution in [-0.2, 0) is 22.6 Å². The van der Waals surface area contributed by atoms with Crippen molar-refractivity contribution in [2.45, 2.75) is 32.9 Å². The van der Waals surface area contributed by atoms with Crippen LogP contribution in [0.4, 0.5) is 0 Å². The van der Waals surface area contributed by atoms with Gasteiger partial charge in [-0.3, -0.25) is 9.59 Å². The van der Waals surface area contributed by atoms with Gasteiger partial charge in [-0.25, -0.2) is 0 Å². The van der Waals surface area contributed by atoms with Gasteiger partial charge in [0.15, 0.2) is 0 Å². The molecule has 27 heavy (non-hydrogen) atoms. The van der Waals surface area contributed by atoms with Crippen LogP contribution < -0.4 is 10.1 Å². The molecule has 0 heterocycles. The number of hydrogen-bond acceptors (Lipinski definition) is 3. The minimum absolute atomic E-state index is 0.133. The van der Waals surface area contributed by atoms with E-state index in [-0.39, 0.29) is 18.2 Å². The Morgan fingerprint density at radius 1 is 1.15 bits per heavy atom. The average Bonchev–Trinajstić information content (AvgIpc) is 2.66. The third-order valence-corrected chi connectivity index (χ3v) is 4.51. The fraction of sp³-hybridized carbons (Fsp3) is 0.333. The van der Waals surface area contributed by atoms with Crippen molar-refractivity contribution < 1.29 is 14.3 Å². The third-order valence-electron chi connectivity index (χ3n) is 4.27. The highest BCUT2D eigenvalue weighted by Gasteiger charge is 2.25. The zero-order chi connectivity index (χ0) is 19.8. The summed E-state index contributed by atoms with van der Waals surface area (Å²) in [6.45, 7) is 4.44. The van der Waals surface area contributed by atoms with Crippen LogP contribution >= 0.6 is 11.6 Å². The Balaban J connectivity index is 2.21. The van der Waals surface area contributed by atoms with Gasteiger partial charge in [-0.15, -0.1) is 0 Å². The van der Waals surface area contributed by atoms with Gasteiger partial charge in [0.25, 0.3) is 0 Å². The highest BCUT2D eigenvalue weighted by atomic mass is 35.5. The van der Waals surface area contributed by atoms with E-state index in [1.165, 1.54) is 0 Å². The molecule has 0 aromatic heterocycles. The summed E-state index contributed by atoms with van der Waals surface area (Å²) in [5, 5.41) is 3.37. The molecule has 2 amide bonds. The number of halogens is 1. The summed E-state index contributed by atoms with van der Waals surface area (Å²) < 4.78 is 5.17. The standard InChI is InChI=1S/C21H25ClN2O3/c1-4-23-21(26)15(2)24(14-16-8-10-19(27-3)11-9-16)20(25)13-17-6-5-7-18(22)12-17/h5-12,15H,4,13-14H2,1-3H3,(H,23,26)/t15-/m1/s1. The van der Waals surface area contributed by atoms with E-state index in [1.807, 2.05) is 43.3 Å². The number of carbonyl (C=O) groups is 2. The Morgan fingerprint density at radius 2 is 1.85 bits per heavy atom. The van der Waals surface area contributed by atoms with Crippen molar-refractivity contribution in [2.75, 3.05) is 13.7 Å². The van der Waals surface area contributed by atoms with Gasteiger partial charge in [0.05, 0.1) is 13.5 Å². The molecule has 144 valence electrons. The molecule has 0 aliphatic carbocycles. The number of nitrogens with zero attached hydrogens (tertiary/aromatic N) is 1. The zero-order valence-corrected chi connectivity index (χ0v) is 16.6. The van der Waals surface area contributed by atoms with E-state index >= 15 is 0 Å². The Morgan fingerprint density at radius 3 is 2.44 bits per heavy atom. The van der Waals surface area contributed by atoms with Gasteiger partial charge in [0, 0.05) is 18.1 Å². The molecule has 0 aliphatic heterocycles. The van der Waals surface area contributed by atoms with Crippen LogP contribution in [0, 0.1) is 0 Å². The first kappa shape index (κ1) is 20.8. The second kappa shape index (κ2) is 9.97. The molecule has 0 unspecified atom stereocenters. The first-order valence-corrected chi connectivity index (χ1v) is 9.27. The van der Waals surface area contributed by atoms with Crippen LogP contribution in [0.25, 0.3) is 0 Å². The Bertz CT molecular complexity index is 777. The van der Waals surface area contributed by atoms with Crippen LogP contribution in [0.15, 0.2) is 48.5 Å². The summed E-state index contributed by atoms with van der Waals surface area (Å²) in [5.41, 5.74) is 1.74. The monoisotopic (exact) mass is 388 g/mol. The molecular formula is C21H25ClN2O3. The van der Waals surface area contributed by atoms with Crippen molar-refractivity contribution in [3.05, 3.63) is 64.7 Å². The summed E-state index contributed by atoms with van der Waals surface area (Å²) >= 11 is 6.02. The predicted octanol–water partition coefficient (Wildman–Crippen LogP) is 3.44. The fourth-order valence-corrected chi connectivity index (χ4v) is 2.97. The second-order valence-electron chi connectivity index (χ2n) is 6.25. The van der Waals surface area contributed by atoms with E-state index in [2.05, 4.69) is 5.32 Å². The first-order valence-electron chi connectivity index (χ1n) is 8.89. The molecule has 0 saturated carbocycles. The molecule has 0 radical (unpaired) electrons. The van der Waals surface area contributed by atoms with Gasteiger partial charge >= 0.3 is 0 Å². The van der Waals surface area contributed by atoms with E-state index in [0.717, 1.165) is 16.9 Å². The summed E-state index contributed by atoms with van der Waals surface area (Å²) in [7, 11) is 1.60. The minimum Gasteiger partial charge on any atom is -0.497 e. The molecule has 0 bridgehead atoms. The average molecular weight is 389 g/mol. The lowest BCUT2D eigenvalue weighted by Crippen LogP contribution is -2.48. The SMILES string of the molecule is CCNC(=O)[C@@H](C)N(Cc1ccc(OC)cc1)C(=O)Cc1cccc(Cl)c1. The lowest BCUT2D eigenvalue weighted by Gasteiger charge is -2.29. The normalized spacial score (nSPS) is 11.6. The third kappa shape index (κ3) is 6.00. The Hall–Kier alpha value is -2.53. The van der Waals surface area contributed by atoms with E-state index in [0.29, 0.717) is 18.1 Å². The first-order chi connectivity index (χ1) is 12.9. The van der Waals surface area contributed by atoms with E-state index in [4.69, 9.17) is 16.3 Å². The maximum Gasteiger partial charge on any atom is 0.242 e. The van der Waals surface area contributed by atoms with E-state index in [1.54, 1.807) is 31.1 Å². The number of methoxy groups -OCH3 is 1. The van der Waals surface area contributed by atoms with Crippen LogP contribution in [-0.4, -0.2) is 36.4 Å². The second-order valence-corrected chi connectivity index (χ2v) is 6.68. The molecule has 0 aliphatic rings. The van der Waals surface area contributed by atoms with Gasteiger partial charge in [0.2, 0.25) is 11.8 Å². The fourth-order valence-electron chi connectivity index (χ4n) is 2.76. The van der Waals surface area contributed by atoms with Crippen LogP contribution in [0.2, 0.25) is 5.02 Å². The maximum absolute atomic E-state index is 13.0. The molecule has 5 nitrogen and oxygen atoms in total. The summed E-state index contributed by atoms with van der Waals surface area (Å²) in [5.74, 6) is 0.435. The highest BCUT2D eigenvalue weighted by Crippen LogP contribution is 2.17. The molecule has 2 aromatic carbocycles. The van der Waals surface area contributed by atoms with Crippen molar-refractivity contribution in [1.82, 2.24) is 10.2 Å². The predicted molar refractivity (Wildman–Crippen MR) is 107 cm³/mol. The summed E-state index contributed by atoms with van der Waals surface area (Å²) in [6, 6.07) is 14.1. The molecule has 0 fully saturated rings. The highest BCUT2D eigenvalue weighted by molar-refractivity contribution is 6.30. The Labute approximate surface area is 165 Å². The number of amides is 2. The number of carbonyl (C=O) groups excluding carboxylic acids is 2. The van der Waals surface area contributed by atoms with Crippen molar-refractivity contribution in [3.63, 3.8) is 0 Å². The largest absolute Gasteiger partial charge is 0.497 e. The van der Waals surface area contributed by atoms with Crippen molar-refractivity contribution in [2.24, 2.45) is 0 Å². The summed E-state index contributed by atoms with van der Waals surface area (Å²) in [4.78, 5) is 26.9. The molecule has 1 N–H and O–H groups in total. The lowest BCUT2D eigenvalue weighted by molar-refractivity contribution is -0.140. The van der Waals surface area contributed by atoms with Gasteiger partial charge in [0.1, 0.15) is 11.8 Å². The van der Waals surface area contributed by atoms with Crippen molar-refractivity contribution >= 4 is 23.4 Å². The quantitative estimate of drug-likeness (QED) is 0.753. The number of likely N-dealkylation sites (N-methyl/N-ethyl adjacent to an activating group) is 1. The summed E-state index contributed by atoms with van der Waals surface area (Å²) in [6.07, 6.45) is 0.181. The molecule has 0 saturated heterocycles. The van der Waals surface area contributed by atoms with Gasteiger partial charge in [-0.1, -0.05) is 35.9 Å². The van der Waals surface area contributed by atoms with Crippen molar-refractivity contribution in [3.8, 4) is 5.75 Å². The number of rotatable bonds is 8. The van der Waals surface area contributed by atoms with Gasteiger partial charge < -0.3 is 15.0 Å². The van der Waals surface area contributed by atoms with E-state index in [9.17, 15) is 9.59 Å². The molecule has 2 aromatic rings. The Kier molecular flexibility index (Phi) is 7.67. The molecule has 6 heteroatoms. The maximum atomic E-state index is 13.0. The number of ether oxygens (including phenoxy) is 1. The minimum atomic E-state index is -0.585. The van der Waals surface area contributed by atoms with Crippen molar-refractivity contribution in [1.29, 1.82) is 0 Å². The van der Waals surface area contributed by atoms with Crippen LogP contribution in [0.5, 0.6) is 5.75 Å². The molecule has 0 spiro atoms.